The summed E-state index contributed by atoms with van der Waals surface area (Å²) in [7, 11) is 0. The summed E-state index contributed by atoms with van der Waals surface area (Å²) in [5.41, 5.74) is 5.37. The summed E-state index contributed by atoms with van der Waals surface area (Å²) in [6.07, 6.45) is 3.71. The second-order valence-corrected chi connectivity index (χ2v) is 4.67. The second-order valence-electron chi connectivity index (χ2n) is 4.67. The molecular weight excluding hydrogens is 202 g/mol. The molecule has 3 nitrogen and oxygen atoms in total. The van der Waals surface area contributed by atoms with Gasteiger partial charge in [-0.05, 0) is 25.7 Å². The molecule has 0 fully saturated rings. The van der Waals surface area contributed by atoms with Gasteiger partial charge in [0.15, 0.2) is 0 Å². The number of nitrogens with two attached hydrogens (primary N) is 1. The van der Waals surface area contributed by atoms with Crippen LogP contribution in [-0.2, 0) is 9.53 Å². The van der Waals surface area contributed by atoms with E-state index in [0.717, 1.165) is 25.7 Å². The molecule has 16 heavy (non-hydrogen) atoms. The van der Waals surface area contributed by atoms with Gasteiger partial charge in [-0.15, -0.1) is 0 Å². The maximum Gasteiger partial charge on any atom is 0.313 e. The van der Waals surface area contributed by atoms with Crippen LogP contribution in [0.5, 0.6) is 0 Å². The van der Waals surface area contributed by atoms with Gasteiger partial charge >= 0.3 is 5.97 Å². The van der Waals surface area contributed by atoms with Crippen LogP contribution in [0.3, 0.4) is 0 Å². The Morgan fingerprint density at radius 1 is 1.38 bits per heavy atom. The Bertz CT molecular complexity index is 206. The third kappa shape index (κ3) is 4.12. The average molecular weight is 229 g/mol. The van der Waals surface area contributed by atoms with Crippen LogP contribution in [-0.4, -0.2) is 19.1 Å². The fraction of sp³-hybridized carbons (Fsp3) is 0.923. The minimum atomic E-state index is -0.458. The van der Waals surface area contributed by atoms with Crippen molar-refractivity contribution in [3.05, 3.63) is 0 Å². The lowest BCUT2D eigenvalue weighted by Gasteiger charge is -2.32. The summed E-state index contributed by atoms with van der Waals surface area (Å²) in [5, 5.41) is 0. The van der Waals surface area contributed by atoms with E-state index in [-0.39, 0.29) is 5.97 Å². The molecule has 0 aromatic heterocycles. The topological polar surface area (TPSA) is 52.3 Å². The van der Waals surface area contributed by atoms with Crippen molar-refractivity contribution in [3.8, 4) is 0 Å². The van der Waals surface area contributed by atoms with Gasteiger partial charge in [0.2, 0.25) is 0 Å². The Kier molecular flexibility index (Phi) is 7.39. The van der Waals surface area contributed by atoms with Crippen molar-refractivity contribution >= 4 is 5.97 Å². The highest BCUT2D eigenvalue weighted by atomic mass is 16.5. The van der Waals surface area contributed by atoms with Gasteiger partial charge in [-0.1, -0.05) is 33.6 Å². The monoisotopic (exact) mass is 229 g/mol. The van der Waals surface area contributed by atoms with Crippen LogP contribution in [0.1, 0.15) is 53.4 Å². The Labute approximate surface area is 99.7 Å². The lowest BCUT2D eigenvalue weighted by atomic mass is 9.75. The van der Waals surface area contributed by atoms with E-state index in [1.165, 1.54) is 0 Å². The van der Waals surface area contributed by atoms with Crippen LogP contribution in [0.2, 0.25) is 0 Å². The van der Waals surface area contributed by atoms with E-state index in [9.17, 15) is 4.79 Å². The minimum absolute atomic E-state index is 0.111. The highest BCUT2D eigenvalue weighted by Crippen LogP contribution is 2.33. The molecule has 0 aromatic rings. The highest BCUT2D eigenvalue weighted by Gasteiger charge is 2.38. The van der Waals surface area contributed by atoms with E-state index in [0.29, 0.717) is 19.1 Å². The van der Waals surface area contributed by atoms with Gasteiger partial charge < -0.3 is 10.5 Å². The number of carbonyl (C=O) groups is 1. The first-order chi connectivity index (χ1) is 7.56. The predicted octanol–water partition coefficient (Wildman–Crippen LogP) is 2.73. The summed E-state index contributed by atoms with van der Waals surface area (Å²) in [6, 6.07) is 0. The Balaban J connectivity index is 4.75. The van der Waals surface area contributed by atoms with Gasteiger partial charge in [-0.3, -0.25) is 4.79 Å². The maximum atomic E-state index is 12.0. The summed E-state index contributed by atoms with van der Waals surface area (Å²) in [6.45, 7) is 9.06. The van der Waals surface area contributed by atoms with Crippen molar-refractivity contribution in [2.45, 2.75) is 53.4 Å². The summed E-state index contributed by atoms with van der Waals surface area (Å²) in [5.74, 6) is 0.402. The van der Waals surface area contributed by atoms with E-state index in [1.807, 2.05) is 6.92 Å². The van der Waals surface area contributed by atoms with Crippen LogP contribution in [0.15, 0.2) is 0 Å². The zero-order valence-corrected chi connectivity index (χ0v) is 11.2. The molecule has 0 rings (SSSR count). The van der Waals surface area contributed by atoms with E-state index >= 15 is 0 Å². The summed E-state index contributed by atoms with van der Waals surface area (Å²) in [4.78, 5) is 12.0. The van der Waals surface area contributed by atoms with Gasteiger partial charge in [-0.2, -0.15) is 0 Å². The molecule has 0 radical (unpaired) electrons. The average Bonchev–Trinajstić information content (AvgIpc) is 2.28. The molecule has 0 aliphatic carbocycles. The first-order valence-corrected chi connectivity index (χ1v) is 6.43. The number of esters is 1. The van der Waals surface area contributed by atoms with Crippen molar-refractivity contribution in [2.75, 3.05) is 13.2 Å². The standard InChI is InChI=1S/C13H27NO2/c1-5-8-13(10-14,9-11(4)6-2)12(15)16-7-3/h11H,5-10,14H2,1-4H3. The molecule has 0 saturated carbocycles. The third-order valence-corrected chi connectivity index (χ3v) is 3.26. The van der Waals surface area contributed by atoms with Gasteiger partial charge in [0, 0.05) is 6.54 Å². The van der Waals surface area contributed by atoms with Gasteiger partial charge in [0.05, 0.1) is 12.0 Å². The molecule has 0 spiro atoms. The smallest absolute Gasteiger partial charge is 0.313 e. The van der Waals surface area contributed by atoms with Gasteiger partial charge in [-0.25, -0.2) is 0 Å². The Hall–Kier alpha value is -0.570. The zero-order chi connectivity index (χ0) is 12.6. The highest BCUT2D eigenvalue weighted by molar-refractivity contribution is 5.77. The molecular formula is C13H27NO2. The van der Waals surface area contributed by atoms with Crippen molar-refractivity contribution in [1.82, 2.24) is 0 Å². The number of ether oxygens (including phenoxy) is 1. The molecule has 2 unspecified atom stereocenters. The van der Waals surface area contributed by atoms with Crippen LogP contribution in [0, 0.1) is 11.3 Å². The molecule has 0 heterocycles. The maximum absolute atomic E-state index is 12.0. The fourth-order valence-corrected chi connectivity index (χ4v) is 2.13. The molecule has 0 aromatic carbocycles. The Morgan fingerprint density at radius 3 is 2.38 bits per heavy atom. The molecule has 2 N–H and O–H groups in total. The van der Waals surface area contributed by atoms with Crippen LogP contribution in [0.4, 0.5) is 0 Å². The zero-order valence-electron chi connectivity index (χ0n) is 11.2. The fourth-order valence-electron chi connectivity index (χ4n) is 2.13. The van der Waals surface area contributed by atoms with Gasteiger partial charge in [0.1, 0.15) is 0 Å². The van der Waals surface area contributed by atoms with Crippen molar-refractivity contribution in [2.24, 2.45) is 17.1 Å². The SMILES string of the molecule is CCCC(CN)(CC(C)CC)C(=O)OCC. The third-order valence-electron chi connectivity index (χ3n) is 3.26. The van der Waals surface area contributed by atoms with Crippen molar-refractivity contribution in [1.29, 1.82) is 0 Å². The van der Waals surface area contributed by atoms with Gasteiger partial charge in [0.25, 0.3) is 0 Å². The number of hydrogen-bond acceptors (Lipinski definition) is 3. The molecule has 3 heteroatoms. The molecule has 2 atom stereocenters. The normalized spacial score (nSPS) is 16.6. The molecule has 0 aliphatic heterocycles. The first kappa shape index (κ1) is 15.4. The molecule has 96 valence electrons. The van der Waals surface area contributed by atoms with E-state index in [1.54, 1.807) is 0 Å². The lowest BCUT2D eigenvalue weighted by molar-refractivity contribution is -0.156. The molecule has 0 bridgehead atoms. The van der Waals surface area contributed by atoms with Crippen molar-refractivity contribution < 1.29 is 9.53 Å². The Morgan fingerprint density at radius 2 is 2.00 bits per heavy atom. The van der Waals surface area contributed by atoms with E-state index < -0.39 is 5.41 Å². The molecule has 0 saturated heterocycles. The van der Waals surface area contributed by atoms with Crippen LogP contribution >= 0.6 is 0 Å². The number of carbonyl (C=O) groups excluding carboxylic acids is 1. The summed E-state index contributed by atoms with van der Waals surface area (Å²) >= 11 is 0. The summed E-state index contributed by atoms with van der Waals surface area (Å²) < 4.78 is 5.18. The number of rotatable bonds is 8. The molecule has 0 aliphatic rings. The van der Waals surface area contributed by atoms with Crippen LogP contribution in [0.25, 0.3) is 0 Å². The first-order valence-electron chi connectivity index (χ1n) is 6.43. The number of hydrogen-bond donors (Lipinski definition) is 1. The van der Waals surface area contributed by atoms with Crippen molar-refractivity contribution in [3.63, 3.8) is 0 Å². The van der Waals surface area contributed by atoms with E-state index in [2.05, 4.69) is 20.8 Å². The van der Waals surface area contributed by atoms with Crippen LogP contribution < -0.4 is 5.73 Å². The second kappa shape index (κ2) is 7.66. The lowest BCUT2D eigenvalue weighted by Crippen LogP contribution is -2.41. The minimum Gasteiger partial charge on any atom is -0.466 e. The van der Waals surface area contributed by atoms with E-state index in [4.69, 9.17) is 10.5 Å². The molecule has 0 amide bonds. The largest absolute Gasteiger partial charge is 0.466 e. The quantitative estimate of drug-likeness (QED) is 0.651. The predicted molar refractivity (Wildman–Crippen MR) is 67.1 cm³/mol.